The van der Waals surface area contributed by atoms with Gasteiger partial charge in [0.2, 0.25) is 5.43 Å². The molecule has 5 rings (SSSR count). The Labute approximate surface area is 174 Å². The maximum Gasteiger partial charge on any atom is 0.275 e. The van der Waals surface area contributed by atoms with E-state index in [0.717, 1.165) is 13.0 Å². The number of hydrogen-bond acceptors (Lipinski definition) is 4. The van der Waals surface area contributed by atoms with Crippen molar-refractivity contribution in [3.63, 3.8) is 0 Å². The van der Waals surface area contributed by atoms with Crippen LogP contribution in [0.5, 0.6) is 5.75 Å². The fourth-order valence-electron chi connectivity index (χ4n) is 4.74. The van der Waals surface area contributed by atoms with Gasteiger partial charge in [0, 0.05) is 25.4 Å². The third-order valence-corrected chi connectivity index (χ3v) is 6.09. The van der Waals surface area contributed by atoms with Crippen LogP contribution >= 0.6 is 0 Å². The van der Waals surface area contributed by atoms with Crippen molar-refractivity contribution in [2.45, 2.75) is 25.2 Å². The zero-order valence-electron chi connectivity index (χ0n) is 16.5. The van der Waals surface area contributed by atoms with Gasteiger partial charge in [0.1, 0.15) is 6.17 Å². The van der Waals surface area contributed by atoms with E-state index in [1.165, 1.54) is 17.2 Å². The standard InChI is InChI=1S/C24H23N3O3/c28-19-12-15-25-16-20-26(13-7-14-27(20)24(30)22(25)23(19)29)21(17-8-3-1-4-9-17)18-10-5-2-6-11-18/h1-6,8-12,15,20-21,29H,7,13-14,16H2. The molecule has 1 amide bonds. The second kappa shape index (κ2) is 7.46. The smallest absolute Gasteiger partial charge is 0.275 e. The van der Waals surface area contributed by atoms with Gasteiger partial charge in [0.05, 0.1) is 12.6 Å². The highest BCUT2D eigenvalue weighted by molar-refractivity contribution is 5.96. The molecule has 1 saturated heterocycles. The van der Waals surface area contributed by atoms with Crippen LogP contribution < -0.4 is 5.43 Å². The Morgan fingerprint density at radius 1 is 0.867 bits per heavy atom. The Hall–Kier alpha value is -3.38. The van der Waals surface area contributed by atoms with Gasteiger partial charge < -0.3 is 14.6 Å². The fraction of sp³-hybridized carbons (Fsp3) is 0.250. The van der Waals surface area contributed by atoms with E-state index in [4.69, 9.17) is 0 Å². The van der Waals surface area contributed by atoms with Crippen molar-refractivity contribution >= 4 is 5.91 Å². The molecule has 1 aromatic heterocycles. The van der Waals surface area contributed by atoms with Crippen LogP contribution in [0.1, 0.15) is 34.1 Å². The number of aromatic hydroxyl groups is 1. The van der Waals surface area contributed by atoms with Gasteiger partial charge in [0.25, 0.3) is 5.91 Å². The van der Waals surface area contributed by atoms with Gasteiger partial charge in [-0.3, -0.25) is 14.5 Å². The van der Waals surface area contributed by atoms with Gasteiger partial charge in [0.15, 0.2) is 11.4 Å². The molecule has 1 atom stereocenters. The van der Waals surface area contributed by atoms with Crippen LogP contribution in [0.15, 0.2) is 77.7 Å². The van der Waals surface area contributed by atoms with Crippen molar-refractivity contribution < 1.29 is 9.90 Å². The molecule has 3 heterocycles. The van der Waals surface area contributed by atoms with Crippen LogP contribution in [-0.4, -0.2) is 44.6 Å². The van der Waals surface area contributed by atoms with E-state index in [-0.39, 0.29) is 23.8 Å². The van der Waals surface area contributed by atoms with E-state index in [1.807, 2.05) is 36.4 Å². The SMILES string of the molecule is O=C1c2c(O)c(=O)ccn2CC2N1CCCN2C(c1ccccc1)c1ccccc1. The van der Waals surface area contributed by atoms with Gasteiger partial charge in [-0.25, -0.2) is 0 Å². The van der Waals surface area contributed by atoms with E-state index >= 15 is 0 Å². The number of carbonyl (C=O) groups is 1. The molecule has 0 saturated carbocycles. The quantitative estimate of drug-likeness (QED) is 0.733. The minimum atomic E-state index is -0.520. The molecular formula is C24H23N3O3. The number of amides is 1. The zero-order chi connectivity index (χ0) is 20.7. The van der Waals surface area contributed by atoms with Crippen molar-refractivity contribution in [2.24, 2.45) is 0 Å². The fourth-order valence-corrected chi connectivity index (χ4v) is 4.74. The average Bonchev–Trinajstić information content (AvgIpc) is 2.78. The van der Waals surface area contributed by atoms with Gasteiger partial charge in [-0.05, 0) is 17.5 Å². The predicted octanol–water partition coefficient (Wildman–Crippen LogP) is 2.83. The first-order valence-corrected chi connectivity index (χ1v) is 10.2. The van der Waals surface area contributed by atoms with Crippen molar-refractivity contribution in [3.05, 3.63) is 100.0 Å². The zero-order valence-corrected chi connectivity index (χ0v) is 16.5. The van der Waals surface area contributed by atoms with Crippen LogP contribution in [-0.2, 0) is 6.54 Å². The largest absolute Gasteiger partial charge is 0.503 e. The maximum atomic E-state index is 13.2. The Kier molecular flexibility index (Phi) is 4.64. The second-order valence-corrected chi connectivity index (χ2v) is 7.82. The van der Waals surface area contributed by atoms with Gasteiger partial charge in [-0.1, -0.05) is 60.7 Å². The number of benzene rings is 2. The number of hydrogen-bond donors (Lipinski definition) is 1. The molecule has 2 aliphatic heterocycles. The van der Waals surface area contributed by atoms with E-state index in [1.54, 1.807) is 15.7 Å². The lowest BCUT2D eigenvalue weighted by Crippen LogP contribution is -2.61. The number of aromatic nitrogens is 1. The van der Waals surface area contributed by atoms with Crippen molar-refractivity contribution in [3.8, 4) is 5.75 Å². The van der Waals surface area contributed by atoms with E-state index in [9.17, 15) is 14.7 Å². The van der Waals surface area contributed by atoms with Crippen molar-refractivity contribution in [1.82, 2.24) is 14.4 Å². The third-order valence-electron chi connectivity index (χ3n) is 6.09. The molecule has 1 unspecified atom stereocenters. The van der Waals surface area contributed by atoms with E-state index in [2.05, 4.69) is 29.2 Å². The molecule has 1 N–H and O–H groups in total. The van der Waals surface area contributed by atoms with Crippen LogP contribution in [0.25, 0.3) is 0 Å². The predicted molar refractivity (Wildman–Crippen MR) is 113 cm³/mol. The summed E-state index contributed by atoms with van der Waals surface area (Å²) in [5.41, 5.74) is 1.92. The highest BCUT2D eigenvalue weighted by atomic mass is 16.3. The lowest BCUT2D eigenvalue weighted by molar-refractivity contribution is -0.0238. The normalized spacial score (nSPS) is 18.9. The molecule has 30 heavy (non-hydrogen) atoms. The molecule has 2 aromatic carbocycles. The molecule has 0 spiro atoms. The number of rotatable bonds is 3. The molecule has 0 aliphatic carbocycles. The van der Waals surface area contributed by atoms with Gasteiger partial charge in [-0.2, -0.15) is 0 Å². The summed E-state index contributed by atoms with van der Waals surface area (Å²) in [6.45, 7) is 1.97. The molecule has 1 fully saturated rings. The van der Waals surface area contributed by atoms with Crippen LogP contribution in [0.4, 0.5) is 0 Å². The summed E-state index contributed by atoms with van der Waals surface area (Å²) in [4.78, 5) is 29.3. The second-order valence-electron chi connectivity index (χ2n) is 7.82. The van der Waals surface area contributed by atoms with Gasteiger partial charge >= 0.3 is 0 Å². The highest BCUT2D eigenvalue weighted by Crippen LogP contribution is 2.36. The van der Waals surface area contributed by atoms with E-state index in [0.29, 0.717) is 13.1 Å². The van der Waals surface area contributed by atoms with Crippen molar-refractivity contribution in [1.29, 1.82) is 0 Å². The Bertz CT molecular complexity index is 1090. The molecule has 152 valence electrons. The first-order chi connectivity index (χ1) is 14.6. The number of pyridine rings is 1. The summed E-state index contributed by atoms with van der Waals surface area (Å²) in [6.07, 6.45) is 2.28. The summed E-state index contributed by atoms with van der Waals surface area (Å²) >= 11 is 0. The molecular weight excluding hydrogens is 378 g/mol. The maximum absolute atomic E-state index is 13.2. The molecule has 3 aromatic rings. The first kappa shape index (κ1) is 18.6. The first-order valence-electron chi connectivity index (χ1n) is 10.2. The molecule has 0 radical (unpaired) electrons. The Balaban J connectivity index is 1.61. The number of fused-ring (bicyclic) bond motifs is 2. The lowest BCUT2D eigenvalue weighted by Gasteiger charge is -2.50. The summed E-state index contributed by atoms with van der Waals surface area (Å²) in [6, 6.07) is 22.0. The monoisotopic (exact) mass is 401 g/mol. The summed E-state index contributed by atoms with van der Waals surface area (Å²) in [5, 5.41) is 10.2. The lowest BCUT2D eigenvalue weighted by atomic mass is 9.94. The Morgan fingerprint density at radius 3 is 2.13 bits per heavy atom. The van der Waals surface area contributed by atoms with Crippen LogP contribution in [0.3, 0.4) is 0 Å². The number of carbonyl (C=O) groups excluding carboxylic acids is 1. The van der Waals surface area contributed by atoms with Crippen molar-refractivity contribution in [2.75, 3.05) is 13.1 Å². The van der Waals surface area contributed by atoms with Gasteiger partial charge in [-0.15, -0.1) is 0 Å². The summed E-state index contributed by atoms with van der Waals surface area (Å²) in [7, 11) is 0. The summed E-state index contributed by atoms with van der Waals surface area (Å²) in [5.74, 6) is -0.744. The minimum Gasteiger partial charge on any atom is -0.503 e. The van der Waals surface area contributed by atoms with Crippen LogP contribution in [0, 0.1) is 0 Å². The highest BCUT2D eigenvalue weighted by Gasteiger charge is 2.42. The molecule has 0 bridgehead atoms. The Morgan fingerprint density at radius 2 is 1.50 bits per heavy atom. The molecule has 2 aliphatic rings. The van der Waals surface area contributed by atoms with Crippen LogP contribution in [0.2, 0.25) is 0 Å². The molecule has 6 heteroatoms. The molecule has 6 nitrogen and oxygen atoms in total. The minimum absolute atomic E-state index is 0.00234. The third kappa shape index (κ3) is 3.00. The summed E-state index contributed by atoms with van der Waals surface area (Å²) < 4.78 is 1.71. The number of nitrogens with zero attached hydrogens (tertiary/aromatic N) is 3. The van der Waals surface area contributed by atoms with E-state index < -0.39 is 11.2 Å². The topological polar surface area (TPSA) is 65.8 Å². The average molecular weight is 401 g/mol.